The van der Waals surface area contributed by atoms with Gasteiger partial charge in [0.25, 0.3) is 0 Å². The first kappa shape index (κ1) is 17.5. The Hall–Kier alpha value is -1.81. The van der Waals surface area contributed by atoms with Gasteiger partial charge in [0.2, 0.25) is 0 Å². The molecule has 0 saturated carbocycles. The highest BCUT2D eigenvalue weighted by Crippen LogP contribution is 2.27. The van der Waals surface area contributed by atoms with E-state index in [2.05, 4.69) is 35.4 Å². The van der Waals surface area contributed by atoms with Gasteiger partial charge in [0, 0.05) is 37.4 Å². The van der Waals surface area contributed by atoms with Crippen LogP contribution in [-0.2, 0) is 4.79 Å². The van der Waals surface area contributed by atoms with E-state index in [0.29, 0.717) is 12.6 Å². The van der Waals surface area contributed by atoms with Crippen LogP contribution in [0.25, 0.3) is 0 Å². The molecule has 0 amide bonds. The number of anilines is 1. The molecule has 0 radical (unpaired) electrons. The predicted octanol–water partition coefficient (Wildman–Crippen LogP) is 3.13. The second kappa shape index (κ2) is 8.16. The topological polar surface area (TPSA) is 32.8 Å². The summed E-state index contributed by atoms with van der Waals surface area (Å²) >= 11 is 0. The van der Waals surface area contributed by atoms with Gasteiger partial charge in [-0.05, 0) is 38.8 Å². The van der Waals surface area contributed by atoms with Crippen LogP contribution >= 0.6 is 0 Å². The second-order valence-corrected chi connectivity index (χ2v) is 6.50. The normalized spacial score (nSPS) is 16.1. The third-order valence-corrected chi connectivity index (χ3v) is 4.27. The fraction of sp³-hybridized carbons (Fsp3) is 0.526. The summed E-state index contributed by atoms with van der Waals surface area (Å²) in [6.07, 6.45) is 2.13. The summed E-state index contributed by atoms with van der Waals surface area (Å²) < 4.78 is 5.36. The molecule has 23 heavy (non-hydrogen) atoms. The molecule has 0 N–H and O–H groups in total. The molecule has 0 bridgehead atoms. The standard InChI is InChI=1S/C19H28N2O2/c1-15(2)13-21(18-6-5-7-19(12-18)23-4)17-8-10-20(11-9-17)14-16(3)22/h5-7,12,17H,1,8-11,13-14H2,2-4H3. The highest BCUT2D eigenvalue weighted by molar-refractivity contribution is 5.77. The lowest BCUT2D eigenvalue weighted by atomic mass is 10.0. The molecule has 1 aliphatic rings. The van der Waals surface area contributed by atoms with Gasteiger partial charge in [-0.1, -0.05) is 18.2 Å². The van der Waals surface area contributed by atoms with E-state index >= 15 is 0 Å². The van der Waals surface area contributed by atoms with E-state index in [1.54, 1.807) is 14.0 Å². The van der Waals surface area contributed by atoms with Gasteiger partial charge in [-0.2, -0.15) is 0 Å². The van der Waals surface area contributed by atoms with Crippen LogP contribution in [0.4, 0.5) is 5.69 Å². The third kappa shape index (κ3) is 5.10. The van der Waals surface area contributed by atoms with Crippen LogP contribution in [0.15, 0.2) is 36.4 Å². The van der Waals surface area contributed by atoms with Crippen molar-refractivity contribution in [3.8, 4) is 5.75 Å². The van der Waals surface area contributed by atoms with E-state index < -0.39 is 0 Å². The highest BCUT2D eigenvalue weighted by atomic mass is 16.5. The molecule has 4 nitrogen and oxygen atoms in total. The average molecular weight is 316 g/mol. The molecule has 0 aromatic heterocycles. The lowest BCUT2D eigenvalue weighted by Gasteiger charge is -2.40. The monoisotopic (exact) mass is 316 g/mol. The van der Waals surface area contributed by atoms with E-state index in [9.17, 15) is 4.79 Å². The van der Waals surface area contributed by atoms with Gasteiger partial charge in [0.1, 0.15) is 11.5 Å². The molecule has 0 spiro atoms. The number of ketones is 1. The number of Topliss-reactive ketones (excluding diaryl/α,β-unsaturated/α-hetero) is 1. The Morgan fingerprint density at radius 1 is 1.35 bits per heavy atom. The maximum Gasteiger partial charge on any atom is 0.143 e. The van der Waals surface area contributed by atoms with Gasteiger partial charge >= 0.3 is 0 Å². The minimum Gasteiger partial charge on any atom is -0.497 e. The molecule has 2 rings (SSSR count). The van der Waals surface area contributed by atoms with E-state index in [1.807, 2.05) is 12.1 Å². The highest BCUT2D eigenvalue weighted by Gasteiger charge is 2.25. The summed E-state index contributed by atoms with van der Waals surface area (Å²) in [5.41, 5.74) is 2.33. The Bertz CT molecular complexity index is 548. The summed E-state index contributed by atoms with van der Waals surface area (Å²) in [5, 5.41) is 0. The molecular weight excluding hydrogens is 288 g/mol. The van der Waals surface area contributed by atoms with Crippen molar-refractivity contribution in [2.75, 3.05) is 38.2 Å². The number of rotatable bonds is 7. The van der Waals surface area contributed by atoms with E-state index in [0.717, 1.165) is 43.8 Å². The van der Waals surface area contributed by atoms with Crippen molar-refractivity contribution in [1.82, 2.24) is 4.90 Å². The Labute approximate surface area is 139 Å². The zero-order valence-corrected chi connectivity index (χ0v) is 14.5. The van der Waals surface area contributed by atoms with Crippen molar-refractivity contribution in [2.45, 2.75) is 32.7 Å². The molecule has 0 unspecified atom stereocenters. The predicted molar refractivity (Wildman–Crippen MR) is 95.3 cm³/mol. The zero-order chi connectivity index (χ0) is 16.8. The summed E-state index contributed by atoms with van der Waals surface area (Å²) in [4.78, 5) is 16.0. The Balaban J connectivity index is 2.10. The molecule has 4 heteroatoms. The van der Waals surface area contributed by atoms with E-state index in [4.69, 9.17) is 4.74 Å². The smallest absolute Gasteiger partial charge is 0.143 e. The number of piperidine rings is 1. The van der Waals surface area contributed by atoms with Crippen LogP contribution in [0.1, 0.15) is 26.7 Å². The van der Waals surface area contributed by atoms with Crippen molar-refractivity contribution in [3.05, 3.63) is 36.4 Å². The molecule has 1 aromatic rings. The van der Waals surface area contributed by atoms with Crippen molar-refractivity contribution < 1.29 is 9.53 Å². The molecular formula is C19H28N2O2. The number of methoxy groups -OCH3 is 1. The van der Waals surface area contributed by atoms with Crippen molar-refractivity contribution in [1.29, 1.82) is 0 Å². The van der Waals surface area contributed by atoms with Crippen molar-refractivity contribution >= 4 is 11.5 Å². The summed E-state index contributed by atoms with van der Waals surface area (Å²) in [5.74, 6) is 1.12. The number of benzene rings is 1. The SMILES string of the molecule is C=C(C)CN(c1cccc(OC)c1)C1CCN(CC(C)=O)CC1. The average Bonchev–Trinajstić information content (AvgIpc) is 2.53. The summed E-state index contributed by atoms with van der Waals surface area (Å²) in [7, 11) is 1.70. The third-order valence-electron chi connectivity index (χ3n) is 4.27. The van der Waals surface area contributed by atoms with Gasteiger partial charge in [0.15, 0.2) is 0 Å². The first-order chi connectivity index (χ1) is 11.0. The van der Waals surface area contributed by atoms with Crippen molar-refractivity contribution in [3.63, 3.8) is 0 Å². The number of nitrogens with zero attached hydrogens (tertiary/aromatic N) is 2. The van der Waals surface area contributed by atoms with Gasteiger partial charge in [0.05, 0.1) is 13.7 Å². The zero-order valence-electron chi connectivity index (χ0n) is 14.5. The van der Waals surface area contributed by atoms with Crippen molar-refractivity contribution in [2.24, 2.45) is 0 Å². The first-order valence-corrected chi connectivity index (χ1v) is 8.26. The Morgan fingerprint density at radius 3 is 2.61 bits per heavy atom. The van der Waals surface area contributed by atoms with Crippen LogP contribution in [0.3, 0.4) is 0 Å². The van der Waals surface area contributed by atoms with Gasteiger partial charge in [-0.25, -0.2) is 0 Å². The molecule has 0 atom stereocenters. The van der Waals surface area contributed by atoms with Crippen LogP contribution in [0, 0.1) is 0 Å². The largest absolute Gasteiger partial charge is 0.497 e. The lowest BCUT2D eigenvalue weighted by Crippen LogP contribution is -2.46. The Morgan fingerprint density at radius 2 is 2.04 bits per heavy atom. The minimum atomic E-state index is 0.245. The molecule has 126 valence electrons. The number of hydrogen-bond donors (Lipinski definition) is 0. The molecule has 0 aliphatic carbocycles. The van der Waals surface area contributed by atoms with Crippen LogP contribution in [0.5, 0.6) is 5.75 Å². The number of likely N-dealkylation sites (tertiary alicyclic amines) is 1. The summed E-state index contributed by atoms with van der Waals surface area (Å²) in [6.45, 7) is 11.2. The van der Waals surface area contributed by atoms with Crippen LogP contribution < -0.4 is 9.64 Å². The van der Waals surface area contributed by atoms with Gasteiger partial charge in [-0.15, -0.1) is 0 Å². The van der Waals surface area contributed by atoms with Crippen LogP contribution in [0.2, 0.25) is 0 Å². The molecule has 1 saturated heterocycles. The molecule has 1 fully saturated rings. The minimum absolute atomic E-state index is 0.245. The Kier molecular flexibility index (Phi) is 6.22. The second-order valence-electron chi connectivity index (χ2n) is 6.50. The maximum atomic E-state index is 11.3. The van der Waals surface area contributed by atoms with Gasteiger partial charge in [-0.3, -0.25) is 9.69 Å². The van der Waals surface area contributed by atoms with Gasteiger partial charge < -0.3 is 9.64 Å². The number of carbonyl (C=O) groups excluding carboxylic acids is 1. The molecule has 1 heterocycles. The fourth-order valence-electron chi connectivity index (χ4n) is 3.22. The van der Waals surface area contributed by atoms with E-state index in [-0.39, 0.29) is 5.78 Å². The van der Waals surface area contributed by atoms with Crippen LogP contribution in [-0.4, -0.2) is 50.0 Å². The van der Waals surface area contributed by atoms with E-state index in [1.165, 1.54) is 5.69 Å². The quantitative estimate of drug-likeness (QED) is 0.724. The number of carbonyl (C=O) groups is 1. The number of hydrogen-bond acceptors (Lipinski definition) is 4. The fourth-order valence-corrected chi connectivity index (χ4v) is 3.22. The molecule has 1 aliphatic heterocycles. The first-order valence-electron chi connectivity index (χ1n) is 8.26. The summed E-state index contributed by atoms with van der Waals surface area (Å²) in [6, 6.07) is 8.70. The number of ether oxygens (including phenoxy) is 1. The maximum absolute atomic E-state index is 11.3. The molecule has 1 aromatic carbocycles. The lowest BCUT2D eigenvalue weighted by molar-refractivity contribution is -0.118.